The van der Waals surface area contributed by atoms with Gasteiger partial charge in [0.2, 0.25) is 0 Å². The van der Waals surface area contributed by atoms with E-state index in [9.17, 15) is 8.42 Å². The van der Waals surface area contributed by atoms with Gasteiger partial charge in [0.25, 0.3) is 5.88 Å². The van der Waals surface area contributed by atoms with Crippen LogP contribution >= 0.6 is 0 Å². The van der Waals surface area contributed by atoms with E-state index >= 15 is 0 Å². The van der Waals surface area contributed by atoms with Gasteiger partial charge in [0.15, 0.2) is 5.69 Å². The molecule has 0 fully saturated rings. The number of hydrogen-bond donors (Lipinski definition) is 0. The van der Waals surface area contributed by atoms with Crippen LogP contribution in [0.4, 0.5) is 0 Å². The van der Waals surface area contributed by atoms with Gasteiger partial charge in [-0.2, -0.15) is 13.7 Å². The minimum absolute atomic E-state index is 0.0712. The summed E-state index contributed by atoms with van der Waals surface area (Å²) in [7, 11) is -4.02. The van der Waals surface area contributed by atoms with Crippen molar-refractivity contribution in [3.05, 3.63) is 41.9 Å². The molecule has 108 valence electrons. The highest BCUT2D eigenvalue weighted by Gasteiger charge is 2.18. The fourth-order valence-corrected chi connectivity index (χ4v) is 2.29. The van der Waals surface area contributed by atoms with Gasteiger partial charge in [-0.3, -0.25) is 4.98 Å². The molecule has 0 atom stereocenters. The Labute approximate surface area is 122 Å². The summed E-state index contributed by atoms with van der Waals surface area (Å²) < 4.78 is 28.9. The lowest BCUT2D eigenvalue weighted by Crippen LogP contribution is -2.12. The Morgan fingerprint density at radius 2 is 1.95 bits per heavy atom. The molecule has 7 nitrogen and oxygen atoms in total. The fraction of sp³-hybridized carbons (Fsp3) is 0.231. The largest absolute Gasteiger partial charge is 0.356 e. The predicted octanol–water partition coefficient (Wildman–Crippen LogP) is 1.63. The lowest BCUT2D eigenvalue weighted by atomic mass is 10.1. The third kappa shape index (κ3) is 3.52. The van der Waals surface area contributed by atoms with Gasteiger partial charge in [-0.25, -0.2) is 0 Å². The van der Waals surface area contributed by atoms with Crippen LogP contribution in [0.2, 0.25) is 0 Å². The van der Waals surface area contributed by atoms with E-state index in [2.05, 4.69) is 15.2 Å². The van der Waals surface area contributed by atoms with Crippen LogP contribution in [0.15, 0.2) is 35.4 Å². The number of aromatic nitrogens is 3. The first-order valence-corrected chi connectivity index (χ1v) is 7.47. The highest BCUT2D eigenvalue weighted by atomic mass is 32.2. The quantitative estimate of drug-likeness (QED) is 0.790. The molecule has 2 rings (SSSR count). The highest BCUT2D eigenvalue weighted by molar-refractivity contribution is 7.87. The van der Waals surface area contributed by atoms with E-state index < -0.39 is 10.1 Å². The summed E-state index contributed by atoms with van der Waals surface area (Å²) in [5, 5.41) is 15.6. The Hall–Kier alpha value is -2.53. The van der Waals surface area contributed by atoms with Crippen molar-refractivity contribution < 1.29 is 12.6 Å². The molecule has 2 aromatic rings. The zero-order valence-corrected chi connectivity index (χ0v) is 12.2. The summed E-state index contributed by atoms with van der Waals surface area (Å²) in [6.45, 7) is 3.92. The number of nitriles is 1. The first-order chi connectivity index (χ1) is 9.92. The van der Waals surface area contributed by atoms with Crippen molar-refractivity contribution in [3.63, 3.8) is 0 Å². The normalized spacial score (nSPS) is 11.1. The molecule has 8 heteroatoms. The lowest BCUT2D eigenvalue weighted by Gasteiger charge is -2.07. The zero-order chi connectivity index (χ0) is 15.5. The summed E-state index contributed by atoms with van der Waals surface area (Å²) in [5.41, 5.74) is 0.856. The maximum atomic E-state index is 12.0. The molecule has 0 unspecified atom stereocenters. The van der Waals surface area contributed by atoms with Crippen molar-refractivity contribution in [1.29, 1.82) is 5.26 Å². The Morgan fingerprint density at radius 3 is 2.43 bits per heavy atom. The Bertz CT molecular complexity index is 763. The fourth-order valence-electron chi connectivity index (χ4n) is 1.47. The molecule has 0 amide bonds. The summed E-state index contributed by atoms with van der Waals surface area (Å²) in [4.78, 5) is 4.00. The maximum absolute atomic E-state index is 12.0. The first-order valence-electron chi connectivity index (χ1n) is 6.06. The molecule has 0 radical (unpaired) electrons. The highest BCUT2D eigenvalue weighted by Crippen LogP contribution is 2.17. The summed E-state index contributed by atoms with van der Waals surface area (Å²) in [5.74, 6) is -0.00555. The van der Waals surface area contributed by atoms with Gasteiger partial charge in [-0.15, -0.1) is 10.2 Å². The molecule has 0 aromatic carbocycles. The second-order valence-electron chi connectivity index (χ2n) is 4.48. The van der Waals surface area contributed by atoms with E-state index in [0.717, 1.165) is 5.69 Å². The number of nitrogens with zero attached hydrogens (tertiary/aromatic N) is 4. The van der Waals surface area contributed by atoms with Gasteiger partial charge in [0.05, 0.1) is 0 Å². The van der Waals surface area contributed by atoms with E-state index in [-0.39, 0.29) is 22.4 Å². The third-order valence-electron chi connectivity index (χ3n) is 2.59. The minimum atomic E-state index is -4.02. The molecule has 0 aliphatic rings. The van der Waals surface area contributed by atoms with Gasteiger partial charge in [0, 0.05) is 18.0 Å². The van der Waals surface area contributed by atoms with Gasteiger partial charge in [-0.1, -0.05) is 13.8 Å². The van der Waals surface area contributed by atoms with Crippen LogP contribution in [0.25, 0.3) is 0 Å². The molecule has 0 bridgehead atoms. The van der Waals surface area contributed by atoms with Crippen molar-refractivity contribution >= 4 is 10.1 Å². The second kappa shape index (κ2) is 5.85. The lowest BCUT2D eigenvalue weighted by molar-refractivity contribution is 0.471. The summed E-state index contributed by atoms with van der Waals surface area (Å²) in [6, 6.07) is 7.41. The van der Waals surface area contributed by atoms with Crippen LogP contribution < -0.4 is 4.18 Å². The van der Waals surface area contributed by atoms with E-state index in [1.54, 1.807) is 12.1 Å². The van der Waals surface area contributed by atoms with Crippen LogP contribution in [0, 0.1) is 11.3 Å². The van der Waals surface area contributed by atoms with Crippen molar-refractivity contribution in [2.24, 2.45) is 0 Å². The number of pyridine rings is 1. The molecule has 2 aromatic heterocycles. The monoisotopic (exact) mass is 304 g/mol. The molecule has 0 spiro atoms. The SMILES string of the molecule is CC(C)c1ccc(S(=O)(=O)Oc2ccc(C#N)nn2)cn1. The molecule has 21 heavy (non-hydrogen) atoms. The maximum Gasteiger partial charge on any atom is 0.342 e. The number of hydrogen-bond acceptors (Lipinski definition) is 7. The molecular formula is C13H12N4O3S. The molecule has 0 saturated heterocycles. The molecular weight excluding hydrogens is 292 g/mol. The van der Waals surface area contributed by atoms with E-state index in [1.807, 2.05) is 13.8 Å². The smallest absolute Gasteiger partial charge is 0.342 e. The predicted molar refractivity (Wildman–Crippen MR) is 72.9 cm³/mol. The van der Waals surface area contributed by atoms with Gasteiger partial charge in [0.1, 0.15) is 11.0 Å². The van der Waals surface area contributed by atoms with Crippen LogP contribution in [0.3, 0.4) is 0 Å². The molecule has 2 heterocycles. The minimum Gasteiger partial charge on any atom is -0.356 e. The van der Waals surface area contributed by atoms with E-state index in [1.165, 1.54) is 24.4 Å². The molecule has 0 aliphatic carbocycles. The van der Waals surface area contributed by atoms with Crippen LogP contribution in [0.5, 0.6) is 5.88 Å². The summed E-state index contributed by atoms with van der Waals surface area (Å²) in [6.07, 6.45) is 1.24. The molecule has 0 N–H and O–H groups in total. The Balaban J connectivity index is 2.23. The standard InChI is InChI=1S/C13H12N4O3S/c1-9(2)12-5-4-11(8-15-12)21(18,19)20-13-6-3-10(7-14)16-17-13/h3-6,8-9H,1-2H3. The summed E-state index contributed by atoms with van der Waals surface area (Å²) >= 11 is 0. The first kappa shape index (κ1) is 14.9. The van der Waals surface area contributed by atoms with Crippen LogP contribution in [-0.4, -0.2) is 23.6 Å². The Morgan fingerprint density at radius 1 is 1.19 bits per heavy atom. The van der Waals surface area contributed by atoms with Crippen LogP contribution in [-0.2, 0) is 10.1 Å². The second-order valence-corrected chi connectivity index (χ2v) is 6.03. The van der Waals surface area contributed by atoms with Gasteiger partial charge >= 0.3 is 10.1 Å². The van der Waals surface area contributed by atoms with E-state index in [4.69, 9.17) is 9.44 Å². The van der Waals surface area contributed by atoms with Crippen molar-refractivity contribution in [1.82, 2.24) is 15.2 Å². The van der Waals surface area contributed by atoms with E-state index in [0.29, 0.717) is 0 Å². The van der Waals surface area contributed by atoms with Crippen molar-refractivity contribution in [2.75, 3.05) is 0 Å². The average Bonchev–Trinajstić information content (AvgIpc) is 2.48. The van der Waals surface area contributed by atoms with Gasteiger partial charge in [-0.05, 0) is 24.1 Å². The van der Waals surface area contributed by atoms with Gasteiger partial charge < -0.3 is 4.18 Å². The van der Waals surface area contributed by atoms with Crippen molar-refractivity contribution in [2.45, 2.75) is 24.7 Å². The molecule has 0 saturated carbocycles. The average molecular weight is 304 g/mol. The topological polar surface area (TPSA) is 106 Å². The van der Waals surface area contributed by atoms with Crippen molar-refractivity contribution in [3.8, 4) is 11.9 Å². The zero-order valence-electron chi connectivity index (χ0n) is 11.4. The Kier molecular flexibility index (Phi) is 4.14. The molecule has 0 aliphatic heterocycles. The third-order valence-corrected chi connectivity index (χ3v) is 3.80. The van der Waals surface area contributed by atoms with Crippen LogP contribution in [0.1, 0.15) is 31.2 Å². The number of rotatable bonds is 4.